The molecule has 0 spiro atoms. The number of likely N-dealkylation sites (tertiary alicyclic amines) is 1. The third-order valence-corrected chi connectivity index (χ3v) is 5.35. The first-order chi connectivity index (χ1) is 8.89. The summed E-state index contributed by atoms with van der Waals surface area (Å²) in [4.78, 5) is 2.35. The summed E-state index contributed by atoms with van der Waals surface area (Å²) in [5, 5.41) is 9.39. The molecular formula is C13H20N2O3S. The van der Waals surface area contributed by atoms with Crippen LogP contribution < -0.4 is 0 Å². The first-order valence-electron chi connectivity index (χ1n) is 6.33. The summed E-state index contributed by atoms with van der Waals surface area (Å²) >= 11 is 0. The van der Waals surface area contributed by atoms with Gasteiger partial charge in [0.2, 0.25) is 10.0 Å². The van der Waals surface area contributed by atoms with Crippen molar-refractivity contribution < 1.29 is 13.5 Å². The molecule has 106 valence electrons. The molecule has 1 saturated heterocycles. The van der Waals surface area contributed by atoms with Crippen LogP contribution in [-0.4, -0.2) is 56.5 Å². The fourth-order valence-corrected chi connectivity index (χ4v) is 3.75. The summed E-state index contributed by atoms with van der Waals surface area (Å²) in [7, 11) is 0.129. The van der Waals surface area contributed by atoms with E-state index in [-0.39, 0.29) is 10.6 Å². The van der Waals surface area contributed by atoms with Crippen molar-refractivity contribution in [1.82, 2.24) is 9.21 Å². The third-order valence-electron chi connectivity index (χ3n) is 3.53. The Labute approximate surface area is 114 Å². The van der Waals surface area contributed by atoms with Crippen LogP contribution in [0.25, 0.3) is 0 Å². The Kier molecular flexibility index (Phi) is 4.13. The van der Waals surface area contributed by atoms with Gasteiger partial charge in [0.15, 0.2) is 0 Å². The average molecular weight is 284 g/mol. The largest absolute Gasteiger partial charge is 0.508 e. The quantitative estimate of drug-likeness (QED) is 0.895. The van der Waals surface area contributed by atoms with Crippen molar-refractivity contribution in [2.75, 3.05) is 33.7 Å². The van der Waals surface area contributed by atoms with Crippen molar-refractivity contribution in [2.45, 2.75) is 11.3 Å². The van der Waals surface area contributed by atoms with Gasteiger partial charge >= 0.3 is 0 Å². The molecule has 0 radical (unpaired) electrons. The molecule has 1 aromatic carbocycles. The maximum atomic E-state index is 12.4. The minimum atomic E-state index is -3.51. The Bertz CT molecular complexity index is 545. The van der Waals surface area contributed by atoms with Crippen LogP contribution in [-0.2, 0) is 10.0 Å². The average Bonchev–Trinajstić information content (AvgIpc) is 2.74. The Morgan fingerprint density at radius 2 is 2.21 bits per heavy atom. The van der Waals surface area contributed by atoms with Gasteiger partial charge in [0.05, 0.1) is 4.90 Å². The lowest BCUT2D eigenvalue weighted by molar-refractivity contribution is 0.356. The second kappa shape index (κ2) is 5.48. The van der Waals surface area contributed by atoms with Gasteiger partial charge < -0.3 is 10.0 Å². The fourth-order valence-electron chi connectivity index (χ4n) is 2.46. The van der Waals surface area contributed by atoms with E-state index in [1.54, 1.807) is 13.1 Å². The summed E-state index contributed by atoms with van der Waals surface area (Å²) in [6, 6.07) is 5.79. The molecule has 2 rings (SSSR count). The molecule has 0 amide bonds. The standard InChI is InChI=1S/C13H20N2O3S/c1-14-7-6-11(9-14)10-15(2)19(17,18)13-5-3-4-12(16)8-13/h3-5,8,11,16H,6-7,9-10H2,1-2H3. The molecule has 19 heavy (non-hydrogen) atoms. The summed E-state index contributed by atoms with van der Waals surface area (Å²) in [6.07, 6.45) is 1.02. The van der Waals surface area contributed by atoms with Crippen LogP contribution in [0.2, 0.25) is 0 Å². The summed E-state index contributed by atoms with van der Waals surface area (Å²) < 4.78 is 26.1. The molecule has 1 aromatic rings. The number of benzene rings is 1. The van der Waals surface area contributed by atoms with Crippen LogP contribution >= 0.6 is 0 Å². The second-order valence-electron chi connectivity index (χ2n) is 5.20. The molecule has 5 nitrogen and oxygen atoms in total. The molecule has 1 aliphatic heterocycles. The molecule has 1 fully saturated rings. The lowest BCUT2D eigenvalue weighted by Gasteiger charge is -2.21. The number of hydrogen-bond donors (Lipinski definition) is 1. The second-order valence-corrected chi connectivity index (χ2v) is 7.24. The van der Waals surface area contributed by atoms with Crippen LogP contribution in [0.15, 0.2) is 29.2 Å². The van der Waals surface area contributed by atoms with Gasteiger partial charge in [-0.05, 0) is 44.1 Å². The van der Waals surface area contributed by atoms with Crippen molar-refractivity contribution in [3.05, 3.63) is 24.3 Å². The highest BCUT2D eigenvalue weighted by Crippen LogP contribution is 2.22. The van der Waals surface area contributed by atoms with E-state index >= 15 is 0 Å². The number of rotatable bonds is 4. The lowest BCUT2D eigenvalue weighted by atomic mass is 10.1. The smallest absolute Gasteiger partial charge is 0.242 e. The Balaban J connectivity index is 2.11. The van der Waals surface area contributed by atoms with Crippen molar-refractivity contribution in [3.8, 4) is 5.75 Å². The van der Waals surface area contributed by atoms with Gasteiger partial charge in [-0.15, -0.1) is 0 Å². The molecule has 0 saturated carbocycles. The molecule has 0 aliphatic carbocycles. The highest BCUT2D eigenvalue weighted by molar-refractivity contribution is 7.89. The Morgan fingerprint density at radius 3 is 2.79 bits per heavy atom. The molecule has 0 aromatic heterocycles. The van der Waals surface area contributed by atoms with E-state index in [0.29, 0.717) is 12.5 Å². The van der Waals surface area contributed by atoms with Gasteiger partial charge in [-0.1, -0.05) is 6.07 Å². The molecular weight excluding hydrogens is 264 g/mol. The van der Waals surface area contributed by atoms with E-state index in [0.717, 1.165) is 19.5 Å². The lowest BCUT2D eigenvalue weighted by Crippen LogP contribution is -2.32. The summed E-state index contributed by atoms with van der Waals surface area (Å²) in [5.41, 5.74) is 0. The van der Waals surface area contributed by atoms with Crippen LogP contribution in [0.3, 0.4) is 0 Å². The minimum absolute atomic E-state index is 0.0323. The molecule has 1 aliphatic rings. The van der Waals surface area contributed by atoms with Crippen molar-refractivity contribution >= 4 is 10.0 Å². The normalized spacial score (nSPS) is 21.1. The third kappa shape index (κ3) is 3.26. The number of hydrogen-bond acceptors (Lipinski definition) is 4. The van der Waals surface area contributed by atoms with E-state index in [1.165, 1.54) is 22.5 Å². The van der Waals surface area contributed by atoms with Gasteiger partial charge in [-0.25, -0.2) is 12.7 Å². The number of phenols is 1. The van der Waals surface area contributed by atoms with Crippen molar-refractivity contribution in [2.24, 2.45) is 5.92 Å². The topological polar surface area (TPSA) is 60.9 Å². The van der Waals surface area contributed by atoms with E-state index in [9.17, 15) is 13.5 Å². The monoisotopic (exact) mass is 284 g/mol. The van der Waals surface area contributed by atoms with Gasteiger partial charge in [0, 0.05) is 20.1 Å². The maximum Gasteiger partial charge on any atom is 0.242 e. The van der Waals surface area contributed by atoms with Gasteiger partial charge in [0.25, 0.3) is 0 Å². The Hall–Kier alpha value is -1.11. The van der Waals surface area contributed by atoms with Gasteiger partial charge in [0.1, 0.15) is 5.75 Å². The maximum absolute atomic E-state index is 12.4. The fraction of sp³-hybridized carbons (Fsp3) is 0.538. The number of aromatic hydroxyl groups is 1. The summed E-state index contributed by atoms with van der Waals surface area (Å²) in [6.45, 7) is 2.47. The minimum Gasteiger partial charge on any atom is -0.508 e. The zero-order chi connectivity index (χ0) is 14.0. The highest BCUT2D eigenvalue weighted by Gasteiger charge is 2.27. The zero-order valence-electron chi connectivity index (χ0n) is 11.3. The van der Waals surface area contributed by atoms with E-state index in [4.69, 9.17) is 0 Å². The van der Waals surface area contributed by atoms with E-state index in [2.05, 4.69) is 4.90 Å². The number of sulfonamides is 1. The van der Waals surface area contributed by atoms with Crippen LogP contribution in [0.4, 0.5) is 0 Å². The molecule has 1 N–H and O–H groups in total. The van der Waals surface area contributed by atoms with Gasteiger partial charge in [-0.2, -0.15) is 0 Å². The van der Waals surface area contributed by atoms with E-state index < -0.39 is 10.0 Å². The molecule has 1 atom stereocenters. The Morgan fingerprint density at radius 1 is 1.47 bits per heavy atom. The SMILES string of the molecule is CN1CCC(CN(C)S(=O)(=O)c2cccc(O)c2)C1. The van der Waals surface area contributed by atoms with Crippen molar-refractivity contribution in [1.29, 1.82) is 0 Å². The first-order valence-corrected chi connectivity index (χ1v) is 7.77. The highest BCUT2D eigenvalue weighted by atomic mass is 32.2. The first kappa shape index (κ1) is 14.3. The van der Waals surface area contributed by atoms with Gasteiger partial charge in [-0.3, -0.25) is 0 Å². The van der Waals surface area contributed by atoms with Crippen LogP contribution in [0, 0.1) is 5.92 Å². The number of nitrogens with zero attached hydrogens (tertiary/aromatic N) is 2. The van der Waals surface area contributed by atoms with Crippen LogP contribution in [0.1, 0.15) is 6.42 Å². The zero-order valence-corrected chi connectivity index (χ0v) is 12.1. The predicted molar refractivity (Wildman–Crippen MR) is 73.5 cm³/mol. The van der Waals surface area contributed by atoms with Crippen molar-refractivity contribution in [3.63, 3.8) is 0 Å². The molecule has 1 heterocycles. The molecule has 6 heteroatoms. The number of phenolic OH excluding ortho intramolecular Hbond substituents is 1. The van der Waals surface area contributed by atoms with Crippen LogP contribution in [0.5, 0.6) is 5.75 Å². The molecule has 1 unspecified atom stereocenters. The summed E-state index contributed by atoms with van der Waals surface area (Å²) in [5.74, 6) is 0.345. The molecule has 0 bridgehead atoms. The predicted octanol–water partition coefficient (Wildman–Crippen LogP) is 0.964. The van der Waals surface area contributed by atoms with E-state index in [1.807, 2.05) is 7.05 Å².